The molecule has 1 aromatic carbocycles. The summed E-state index contributed by atoms with van der Waals surface area (Å²) in [5, 5.41) is 2.59. The van der Waals surface area contributed by atoms with E-state index in [0.717, 1.165) is 6.42 Å². The zero-order valence-electron chi connectivity index (χ0n) is 11.6. The van der Waals surface area contributed by atoms with Crippen LogP contribution in [0.1, 0.15) is 20.3 Å². The maximum Gasteiger partial charge on any atom is 0.243 e. The lowest BCUT2D eigenvalue weighted by Gasteiger charge is -2.20. The number of benzene rings is 1. The van der Waals surface area contributed by atoms with Gasteiger partial charge in [0.1, 0.15) is 0 Å². The Balaban J connectivity index is 2.98. The van der Waals surface area contributed by atoms with Crippen molar-refractivity contribution in [3.8, 4) is 0 Å². The first-order valence-electron chi connectivity index (χ1n) is 6.35. The normalized spacial score (nSPS) is 11.6. The van der Waals surface area contributed by atoms with Crippen LogP contribution >= 0.6 is 11.6 Å². The molecule has 0 aromatic heterocycles. The number of halogens is 1. The van der Waals surface area contributed by atoms with Crippen LogP contribution in [0.4, 0.5) is 5.69 Å². The predicted octanol–water partition coefficient (Wildman–Crippen LogP) is 2.28. The minimum atomic E-state index is -3.53. The van der Waals surface area contributed by atoms with Gasteiger partial charge < -0.3 is 5.32 Å². The van der Waals surface area contributed by atoms with Crippen LogP contribution in [0.15, 0.2) is 29.2 Å². The summed E-state index contributed by atoms with van der Waals surface area (Å²) < 4.78 is 26.2. The second-order valence-electron chi connectivity index (χ2n) is 4.30. The van der Waals surface area contributed by atoms with Crippen LogP contribution in [0.3, 0.4) is 0 Å². The van der Waals surface area contributed by atoms with Crippen LogP contribution in [0.2, 0.25) is 0 Å². The highest BCUT2D eigenvalue weighted by atomic mass is 35.5. The molecule has 0 unspecified atom stereocenters. The zero-order chi connectivity index (χ0) is 15.2. The molecule has 112 valence electrons. The Morgan fingerprint density at radius 1 is 1.25 bits per heavy atom. The van der Waals surface area contributed by atoms with Gasteiger partial charge in [-0.15, -0.1) is 11.6 Å². The van der Waals surface area contributed by atoms with E-state index in [0.29, 0.717) is 12.2 Å². The SMILES string of the molecule is CCCN(CCCl)S(=O)(=O)c1ccc(NC(C)=O)cc1. The van der Waals surface area contributed by atoms with Gasteiger partial charge in [-0.1, -0.05) is 6.92 Å². The van der Waals surface area contributed by atoms with Crippen LogP contribution in [0, 0.1) is 0 Å². The van der Waals surface area contributed by atoms with Crippen LogP contribution in [0.25, 0.3) is 0 Å². The molecule has 20 heavy (non-hydrogen) atoms. The minimum absolute atomic E-state index is 0.199. The highest BCUT2D eigenvalue weighted by Crippen LogP contribution is 2.18. The van der Waals surface area contributed by atoms with Gasteiger partial charge in [0, 0.05) is 31.6 Å². The lowest BCUT2D eigenvalue weighted by atomic mass is 10.3. The molecule has 0 fully saturated rings. The van der Waals surface area contributed by atoms with E-state index >= 15 is 0 Å². The predicted molar refractivity (Wildman–Crippen MR) is 80.5 cm³/mol. The van der Waals surface area contributed by atoms with Crippen LogP contribution in [-0.4, -0.2) is 37.6 Å². The fourth-order valence-corrected chi connectivity index (χ4v) is 3.60. The molecule has 7 heteroatoms. The second-order valence-corrected chi connectivity index (χ2v) is 6.61. The van der Waals surface area contributed by atoms with E-state index in [4.69, 9.17) is 11.6 Å². The van der Waals surface area contributed by atoms with Crippen molar-refractivity contribution in [3.63, 3.8) is 0 Å². The smallest absolute Gasteiger partial charge is 0.243 e. The van der Waals surface area contributed by atoms with Crippen molar-refractivity contribution in [2.45, 2.75) is 25.2 Å². The zero-order valence-corrected chi connectivity index (χ0v) is 13.2. The number of hydrogen-bond acceptors (Lipinski definition) is 3. The van der Waals surface area contributed by atoms with Gasteiger partial charge in [-0.25, -0.2) is 8.42 Å². The molecule has 0 radical (unpaired) electrons. The minimum Gasteiger partial charge on any atom is -0.326 e. The van der Waals surface area contributed by atoms with E-state index in [-0.39, 0.29) is 23.2 Å². The highest BCUT2D eigenvalue weighted by molar-refractivity contribution is 7.89. The standard InChI is InChI=1S/C13H19ClN2O3S/c1-3-9-16(10-8-14)20(18,19)13-6-4-12(5-7-13)15-11(2)17/h4-7H,3,8-10H2,1-2H3,(H,15,17). The monoisotopic (exact) mass is 318 g/mol. The summed E-state index contributed by atoms with van der Waals surface area (Å²) in [5.74, 6) is 0.0544. The van der Waals surface area contributed by atoms with E-state index < -0.39 is 10.0 Å². The summed E-state index contributed by atoms with van der Waals surface area (Å²) in [4.78, 5) is 11.1. The fourth-order valence-electron chi connectivity index (χ4n) is 1.76. The van der Waals surface area contributed by atoms with Gasteiger partial charge in [0.05, 0.1) is 4.90 Å². The van der Waals surface area contributed by atoms with Gasteiger partial charge in [0.2, 0.25) is 15.9 Å². The quantitative estimate of drug-likeness (QED) is 0.784. The van der Waals surface area contributed by atoms with Gasteiger partial charge >= 0.3 is 0 Å². The first-order chi connectivity index (χ1) is 9.41. The third kappa shape index (κ3) is 4.47. The Bertz CT molecular complexity index is 537. The van der Waals surface area contributed by atoms with E-state index in [1.54, 1.807) is 12.1 Å². The summed E-state index contributed by atoms with van der Waals surface area (Å²) in [6.07, 6.45) is 0.722. The van der Waals surface area contributed by atoms with Gasteiger partial charge in [0.25, 0.3) is 0 Å². The summed E-state index contributed by atoms with van der Waals surface area (Å²) in [6, 6.07) is 6.10. The molecule has 0 saturated heterocycles. The van der Waals surface area contributed by atoms with Gasteiger partial charge in [-0.05, 0) is 30.7 Å². The molecule has 0 aliphatic rings. The average Bonchev–Trinajstić information content (AvgIpc) is 2.38. The van der Waals surface area contributed by atoms with Crippen molar-refractivity contribution in [1.82, 2.24) is 4.31 Å². The Morgan fingerprint density at radius 3 is 2.30 bits per heavy atom. The number of rotatable bonds is 7. The molecular weight excluding hydrogens is 300 g/mol. The van der Waals surface area contributed by atoms with Crippen molar-refractivity contribution >= 4 is 33.2 Å². The van der Waals surface area contributed by atoms with Crippen molar-refractivity contribution in [2.24, 2.45) is 0 Å². The van der Waals surface area contributed by atoms with E-state index in [1.165, 1.54) is 23.4 Å². The Morgan fingerprint density at radius 2 is 1.85 bits per heavy atom. The number of hydrogen-bond donors (Lipinski definition) is 1. The van der Waals surface area contributed by atoms with Gasteiger partial charge in [-0.2, -0.15) is 4.31 Å². The van der Waals surface area contributed by atoms with Crippen molar-refractivity contribution < 1.29 is 13.2 Å². The summed E-state index contributed by atoms with van der Waals surface area (Å²) in [7, 11) is -3.53. The number of nitrogens with one attached hydrogen (secondary N) is 1. The third-order valence-corrected chi connectivity index (χ3v) is 4.70. The Kier molecular flexibility index (Phi) is 6.45. The summed E-state index contributed by atoms with van der Waals surface area (Å²) >= 11 is 5.65. The lowest BCUT2D eigenvalue weighted by Crippen LogP contribution is -2.33. The molecule has 0 bridgehead atoms. The van der Waals surface area contributed by atoms with Crippen molar-refractivity contribution in [1.29, 1.82) is 0 Å². The second kappa shape index (κ2) is 7.61. The molecule has 1 rings (SSSR count). The molecule has 1 aromatic rings. The van der Waals surface area contributed by atoms with Crippen molar-refractivity contribution in [3.05, 3.63) is 24.3 Å². The third-order valence-electron chi connectivity index (χ3n) is 2.62. The number of amides is 1. The molecular formula is C13H19ClN2O3S. The number of anilines is 1. The molecule has 0 aliphatic heterocycles. The Hall–Kier alpha value is -1.11. The highest BCUT2D eigenvalue weighted by Gasteiger charge is 2.22. The largest absolute Gasteiger partial charge is 0.326 e. The number of carbonyl (C=O) groups is 1. The van der Waals surface area contributed by atoms with Crippen molar-refractivity contribution in [2.75, 3.05) is 24.3 Å². The van der Waals surface area contributed by atoms with Crippen LogP contribution in [-0.2, 0) is 14.8 Å². The molecule has 5 nitrogen and oxygen atoms in total. The average molecular weight is 319 g/mol. The Labute approximate surface area is 125 Å². The molecule has 1 amide bonds. The first kappa shape index (κ1) is 16.9. The van der Waals surface area contributed by atoms with Gasteiger partial charge in [-0.3, -0.25) is 4.79 Å². The molecule has 1 N–H and O–H groups in total. The van der Waals surface area contributed by atoms with E-state index in [9.17, 15) is 13.2 Å². The maximum atomic E-state index is 12.4. The number of carbonyl (C=O) groups excluding carboxylic acids is 1. The molecule has 0 atom stereocenters. The van der Waals surface area contributed by atoms with E-state index in [1.807, 2.05) is 6.92 Å². The molecule has 0 saturated carbocycles. The van der Waals surface area contributed by atoms with Crippen LogP contribution in [0.5, 0.6) is 0 Å². The van der Waals surface area contributed by atoms with Crippen LogP contribution < -0.4 is 5.32 Å². The number of alkyl halides is 1. The number of sulfonamides is 1. The fraction of sp³-hybridized carbons (Fsp3) is 0.462. The van der Waals surface area contributed by atoms with Gasteiger partial charge in [0.15, 0.2) is 0 Å². The van der Waals surface area contributed by atoms with E-state index in [2.05, 4.69) is 5.32 Å². The number of nitrogens with zero attached hydrogens (tertiary/aromatic N) is 1. The molecule has 0 spiro atoms. The molecule has 0 heterocycles. The lowest BCUT2D eigenvalue weighted by molar-refractivity contribution is -0.114. The summed E-state index contributed by atoms with van der Waals surface area (Å²) in [5.41, 5.74) is 0.566. The summed E-state index contributed by atoms with van der Waals surface area (Å²) in [6.45, 7) is 4.03. The molecule has 0 aliphatic carbocycles. The topological polar surface area (TPSA) is 66.5 Å². The first-order valence-corrected chi connectivity index (χ1v) is 8.33. The maximum absolute atomic E-state index is 12.4.